The Labute approximate surface area is 110 Å². The van der Waals surface area contributed by atoms with Crippen molar-refractivity contribution in [2.45, 2.75) is 24.2 Å². The van der Waals surface area contributed by atoms with Crippen LogP contribution in [0.5, 0.6) is 0 Å². The molecule has 0 bridgehead atoms. The minimum Gasteiger partial charge on any atom is -0.237 e. The average Bonchev–Trinajstić information content (AvgIpc) is 2.47. The lowest BCUT2D eigenvalue weighted by Gasteiger charge is -2.25. The van der Waals surface area contributed by atoms with Crippen molar-refractivity contribution >= 4 is 21.8 Å². The molecule has 1 atom stereocenters. The van der Waals surface area contributed by atoms with Crippen molar-refractivity contribution in [2.75, 3.05) is 13.1 Å². The molecule has 2 aromatic rings. The van der Waals surface area contributed by atoms with Crippen LogP contribution in [0.4, 0.5) is 0 Å². The van der Waals surface area contributed by atoms with Crippen LogP contribution < -0.4 is 0 Å². The topological polar surface area (TPSA) is 20.3 Å². The van der Waals surface area contributed by atoms with E-state index in [1.807, 2.05) is 18.2 Å². The molecule has 2 nitrogen and oxygen atoms in total. The molecule has 0 N–H and O–H groups in total. The molecule has 94 valence electrons. The van der Waals surface area contributed by atoms with Gasteiger partial charge in [-0.2, -0.15) is 0 Å². The number of benzene rings is 2. The molecule has 0 aliphatic carbocycles. The molecule has 1 aliphatic rings. The van der Waals surface area contributed by atoms with Crippen LogP contribution in [0.1, 0.15) is 19.3 Å². The Morgan fingerprint density at radius 1 is 0.889 bits per heavy atom. The highest BCUT2D eigenvalue weighted by atomic mass is 32.2. The molecule has 18 heavy (non-hydrogen) atoms. The third-order valence-corrected chi connectivity index (χ3v) is 4.96. The second-order valence-electron chi connectivity index (χ2n) is 4.75. The Bertz CT molecular complexity index is 575. The zero-order chi connectivity index (χ0) is 12.4. The van der Waals surface area contributed by atoms with Crippen LogP contribution in [0.3, 0.4) is 0 Å². The van der Waals surface area contributed by atoms with E-state index in [2.05, 4.69) is 28.6 Å². The summed E-state index contributed by atoms with van der Waals surface area (Å²) in [5, 5.41) is 2.37. The third kappa shape index (κ3) is 2.33. The van der Waals surface area contributed by atoms with Crippen molar-refractivity contribution in [2.24, 2.45) is 0 Å². The molecule has 1 fully saturated rings. The van der Waals surface area contributed by atoms with Gasteiger partial charge in [-0.1, -0.05) is 36.8 Å². The van der Waals surface area contributed by atoms with Crippen molar-refractivity contribution in [1.29, 1.82) is 0 Å². The highest BCUT2D eigenvalue weighted by molar-refractivity contribution is 7.82. The number of fused-ring (bicyclic) bond motifs is 1. The van der Waals surface area contributed by atoms with E-state index in [0.717, 1.165) is 18.0 Å². The zero-order valence-electron chi connectivity index (χ0n) is 10.3. The van der Waals surface area contributed by atoms with E-state index in [-0.39, 0.29) is 0 Å². The quantitative estimate of drug-likeness (QED) is 0.810. The van der Waals surface area contributed by atoms with Crippen molar-refractivity contribution < 1.29 is 4.21 Å². The Hall–Kier alpha value is -1.19. The van der Waals surface area contributed by atoms with Gasteiger partial charge in [0.25, 0.3) is 0 Å². The highest BCUT2D eigenvalue weighted by Gasteiger charge is 2.17. The fourth-order valence-electron chi connectivity index (χ4n) is 2.46. The largest absolute Gasteiger partial charge is 0.237 e. The SMILES string of the molecule is O=[S@@](c1ccc2ccccc2c1)N1CCCCC1. The van der Waals surface area contributed by atoms with Gasteiger partial charge in [-0.15, -0.1) is 0 Å². The molecule has 2 aromatic carbocycles. The maximum absolute atomic E-state index is 12.5. The van der Waals surface area contributed by atoms with E-state index >= 15 is 0 Å². The van der Waals surface area contributed by atoms with Gasteiger partial charge in [0, 0.05) is 13.1 Å². The van der Waals surface area contributed by atoms with Crippen molar-refractivity contribution in [3.05, 3.63) is 42.5 Å². The lowest BCUT2D eigenvalue weighted by atomic mass is 10.1. The van der Waals surface area contributed by atoms with E-state index < -0.39 is 11.0 Å². The van der Waals surface area contributed by atoms with Gasteiger partial charge in [-0.3, -0.25) is 0 Å². The van der Waals surface area contributed by atoms with Crippen LogP contribution in [0, 0.1) is 0 Å². The van der Waals surface area contributed by atoms with E-state index in [1.165, 1.54) is 30.0 Å². The van der Waals surface area contributed by atoms with Crippen LogP contribution in [0.15, 0.2) is 47.4 Å². The maximum atomic E-state index is 12.5. The molecule has 0 unspecified atom stereocenters. The Morgan fingerprint density at radius 2 is 1.61 bits per heavy atom. The second kappa shape index (κ2) is 5.21. The van der Waals surface area contributed by atoms with Crippen molar-refractivity contribution in [1.82, 2.24) is 4.31 Å². The van der Waals surface area contributed by atoms with Gasteiger partial charge in [0.1, 0.15) is 11.0 Å². The van der Waals surface area contributed by atoms with E-state index in [4.69, 9.17) is 0 Å². The summed E-state index contributed by atoms with van der Waals surface area (Å²) in [5.41, 5.74) is 0. The summed E-state index contributed by atoms with van der Waals surface area (Å²) in [6, 6.07) is 14.3. The molecule has 0 amide bonds. The monoisotopic (exact) mass is 259 g/mol. The van der Waals surface area contributed by atoms with Crippen LogP contribution in [-0.2, 0) is 11.0 Å². The molecule has 3 heteroatoms. The summed E-state index contributed by atoms with van der Waals surface area (Å²) in [5.74, 6) is 0. The number of hydrogen-bond donors (Lipinski definition) is 0. The van der Waals surface area contributed by atoms with Crippen LogP contribution >= 0.6 is 0 Å². The van der Waals surface area contributed by atoms with Crippen molar-refractivity contribution in [3.8, 4) is 0 Å². The lowest BCUT2D eigenvalue weighted by molar-refractivity contribution is 0.365. The Morgan fingerprint density at radius 3 is 2.39 bits per heavy atom. The van der Waals surface area contributed by atoms with Gasteiger partial charge in [0.05, 0.1) is 4.90 Å². The average molecular weight is 259 g/mol. The Kier molecular flexibility index (Phi) is 3.43. The second-order valence-corrected chi connectivity index (χ2v) is 6.23. The first-order valence-corrected chi connectivity index (χ1v) is 7.61. The maximum Gasteiger partial charge on any atom is 0.127 e. The first kappa shape index (κ1) is 11.9. The predicted molar refractivity (Wildman–Crippen MR) is 75.8 cm³/mol. The number of rotatable bonds is 2. The first-order valence-electron chi connectivity index (χ1n) is 6.50. The molecule has 0 spiro atoms. The smallest absolute Gasteiger partial charge is 0.127 e. The number of nitrogens with zero attached hydrogens (tertiary/aromatic N) is 1. The summed E-state index contributed by atoms with van der Waals surface area (Å²) < 4.78 is 14.6. The zero-order valence-corrected chi connectivity index (χ0v) is 11.2. The van der Waals surface area contributed by atoms with Gasteiger partial charge in [-0.25, -0.2) is 8.51 Å². The predicted octanol–water partition coefficient (Wildman–Crippen LogP) is 3.35. The van der Waals surface area contributed by atoms with E-state index in [1.54, 1.807) is 0 Å². The fourth-order valence-corrected chi connectivity index (χ4v) is 3.76. The molecule has 3 rings (SSSR count). The molecule has 0 radical (unpaired) electrons. The van der Waals surface area contributed by atoms with E-state index in [9.17, 15) is 4.21 Å². The van der Waals surface area contributed by atoms with Gasteiger partial charge < -0.3 is 0 Å². The summed E-state index contributed by atoms with van der Waals surface area (Å²) in [6.45, 7) is 1.92. The molecule has 1 saturated heterocycles. The highest BCUT2D eigenvalue weighted by Crippen LogP contribution is 2.21. The van der Waals surface area contributed by atoms with Gasteiger partial charge in [0.2, 0.25) is 0 Å². The van der Waals surface area contributed by atoms with Gasteiger partial charge in [-0.05, 0) is 35.7 Å². The molecule has 1 heterocycles. The van der Waals surface area contributed by atoms with Crippen molar-refractivity contribution in [3.63, 3.8) is 0 Å². The normalized spacial score (nSPS) is 18.9. The first-order chi connectivity index (χ1) is 8.84. The molecule has 0 aromatic heterocycles. The van der Waals surface area contributed by atoms with E-state index in [0.29, 0.717) is 0 Å². The van der Waals surface area contributed by atoms with Gasteiger partial charge >= 0.3 is 0 Å². The third-order valence-electron chi connectivity index (χ3n) is 3.47. The summed E-state index contributed by atoms with van der Waals surface area (Å²) in [7, 11) is -0.993. The summed E-state index contributed by atoms with van der Waals surface area (Å²) in [4.78, 5) is 0.926. The standard InChI is InChI=1S/C15H17NOS/c17-18(16-10-4-1-5-11-16)15-9-8-13-6-2-3-7-14(13)12-15/h2-3,6-9,12H,1,4-5,10-11H2/t18-/m0/s1. The molecular weight excluding hydrogens is 242 g/mol. The fraction of sp³-hybridized carbons (Fsp3) is 0.333. The van der Waals surface area contributed by atoms with Crippen LogP contribution in [-0.4, -0.2) is 21.6 Å². The van der Waals surface area contributed by atoms with Crippen LogP contribution in [0.25, 0.3) is 10.8 Å². The summed E-state index contributed by atoms with van der Waals surface area (Å²) >= 11 is 0. The summed E-state index contributed by atoms with van der Waals surface area (Å²) in [6.07, 6.45) is 3.60. The minimum absolute atomic E-state index is 0.926. The number of hydrogen-bond acceptors (Lipinski definition) is 1. The molecular formula is C15H17NOS. The molecule has 0 saturated carbocycles. The van der Waals surface area contributed by atoms with Crippen LogP contribution in [0.2, 0.25) is 0 Å². The lowest BCUT2D eigenvalue weighted by Crippen LogP contribution is -2.31. The Balaban J connectivity index is 1.91. The minimum atomic E-state index is -0.993. The van der Waals surface area contributed by atoms with Gasteiger partial charge in [0.15, 0.2) is 0 Å². The molecule has 1 aliphatic heterocycles. The number of piperidine rings is 1.